The predicted octanol–water partition coefficient (Wildman–Crippen LogP) is 2.59. The van der Waals surface area contributed by atoms with Crippen LogP contribution in [0.5, 0.6) is 0 Å². The summed E-state index contributed by atoms with van der Waals surface area (Å²) in [6.45, 7) is 3.36. The summed E-state index contributed by atoms with van der Waals surface area (Å²) in [5, 5.41) is 3.62. The zero-order valence-corrected chi connectivity index (χ0v) is 10.1. The second kappa shape index (κ2) is 5.35. The van der Waals surface area contributed by atoms with E-state index in [0.717, 1.165) is 30.6 Å². The molecule has 1 saturated carbocycles. The number of hydrogen-bond donors (Lipinski definition) is 2. The summed E-state index contributed by atoms with van der Waals surface area (Å²) in [6.07, 6.45) is 5.20. The van der Waals surface area contributed by atoms with Crippen molar-refractivity contribution in [3.05, 3.63) is 29.8 Å². The molecule has 0 amide bonds. The quantitative estimate of drug-likeness (QED) is 0.720. The first-order valence-corrected chi connectivity index (χ1v) is 6.37. The Morgan fingerprint density at radius 1 is 1.31 bits per heavy atom. The molecule has 0 radical (unpaired) electrons. The van der Waals surface area contributed by atoms with Crippen molar-refractivity contribution in [3.63, 3.8) is 0 Å². The van der Waals surface area contributed by atoms with E-state index in [4.69, 9.17) is 5.73 Å². The van der Waals surface area contributed by atoms with Gasteiger partial charge < -0.3 is 11.1 Å². The Kier molecular flexibility index (Phi) is 3.83. The van der Waals surface area contributed by atoms with Crippen LogP contribution in [-0.4, -0.2) is 12.6 Å². The maximum atomic E-state index is 5.65. The molecule has 2 rings (SSSR count). The summed E-state index contributed by atoms with van der Waals surface area (Å²) < 4.78 is 0. The highest BCUT2D eigenvalue weighted by Crippen LogP contribution is 2.34. The Hall–Kier alpha value is -1.02. The van der Waals surface area contributed by atoms with Gasteiger partial charge in [0.2, 0.25) is 0 Å². The molecular formula is C14H22N2. The van der Waals surface area contributed by atoms with Crippen molar-refractivity contribution >= 4 is 5.69 Å². The van der Waals surface area contributed by atoms with E-state index in [1.54, 1.807) is 0 Å². The number of hydrogen-bond acceptors (Lipinski definition) is 2. The molecule has 0 aliphatic heterocycles. The summed E-state index contributed by atoms with van der Waals surface area (Å²) in [6, 6.07) is 8.99. The van der Waals surface area contributed by atoms with Crippen molar-refractivity contribution in [3.8, 4) is 0 Å². The van der Waals surface area contributed by atoms with E-state index in [1.807, 2.05) is 12.1 Å². The van der Waals surface area contributed by atoms with Crippen LogP contribution in [0.4, 0.5) is 5.69 Å². The average Bonchev–Trinajstić information content (AvgIpc) is 3.00. The van der Waals surface area contributed by atoms with Gasteiger partial charge in [-0.25, -0.2) is 0 Å². The van der Waals surface area contributed by atoms with Crippen LogP contribution in [0.1, 0.15) is 31.7 Å². The lowest BCUT2D eigenvalue weighted by molar-refractivity contribution is 0.600. The first-order chi connectivity index (χ1) is 7.79. The van der Waals surface area contributed by atoms with Crippen LogP contribution in [0.3, 0.4) is 0 Å². The molecule has 3 N–H and O–H groups in total. The van der Waals surface area contributed by atoms with Gasteiger partial charge in [-0.2, -0.15) is 0 Å². The molecule has 2 unspecified atom stereocenters. The van der Waals surface area contributed by atoms with Gasteiger partial charge in [-0.1, -0.05) is 25.5 Å². The highest BCUT2D eigenvalue weighted by molar-refractivity contribution is 5.39. The lowest BCUT2D eigenvalue weighted by Gasteiger charge is -2.04. The van der Waals surface area contributed by atoms with Crippen molar-refractivity contribution < 1.29 is 0 Å². The van der Waals surface area contributed by atoms with Gasteiger partial charge in [0.1, 0.15) is 0 Å². The predicted molar refractivity (Wildman–Crippen MR) is 69.4 cm³/mol. The zero-order chi connectivity index (χ0) is 11.4. The van der Waals surface area contributed by atoms with Crippen molar-refractivity contribution in [2.45, 2.75) is 38.6 Å². The molecule has 16 heavy (non-hydrogen) atoms. The van der Waals surface area contributed by atoms with Gasteiger partial charge in [-0.05, 0) is 49.4 Å². The first kappa shape index (κ1) is 11.5. The van der Waals surface area contributed by atoms with Crippen LogP contribution in [0.15, 0.2) is 24.3 Å². The topological polar surface area (TPSA) is 38.0 Å². The summed E-state index contributed by atoms with van der Waals surface area (Å²) in [4.78, 5) is 0. The molecule has 88 valence electrons. The number of anilines is 1. The lowest BCUT2D eigenvalue weighted by Crippen LogP contribution is -2.21. The van der Waals surface area contributed by atoms with Crippen LogP contribution in [0, 0.1) is 5.92 Å². The van der Waals surface area contributed by atoms with Gasteiger partial charge >= 0.3 is 0 Å². The molecule has 0 bridgehead atoms. The van der Waals surface area contributed by atoms with E-state index in [0.29, 0.717) is 0 Å². The Morgan fingerprint density at radius 3 is 2.75 bits per heavy atom. The number of nitrogens with one attached hydrogen (secondary N) is 1. The minimum absolute atomic E-state index is 0.800. The number of nitrogen functional groups attached to an aromatic ring is 1. The second-order valence-corrected chi connectivity index (χ2v) is 4.84. The van der Waals surface area contributed by atoms with E-state index >= 15 is 0 Å². The Balaban J connectivity index is 1.64. The fraction of sp³-hybridized carbons (Fsp3) is 0.571. The van der Waals surface area contributed by atoms with Crippen molar-refractivity contribution in [1.82, 2.24) is 5.32 Å². The lowest BCUT2D eigenvalue weighted by atomic mass is 10.1. The van der Waals surface area contributed by atoms with Gasteiger partial charge in [0.05, 0.1) is 0 Å². The molecule has 2 atom stereocenters. The van der Waals surface area contributed by atoms with Crippen LogP contribution in [0.2, 0.25) is 0 Å². The summed E-state index contributed by atoms with van der Waals surface area (Å²) >= 11 is 0. The maximum Gasteiger partial charge on any atom is 0.0314 e. The standard InChI is InChI=1S/C14H22N2/c1-2-3-12-10-14(12)16-9-8-11-4-6-13(15)7-5-11/h4-7,12,14,16H,2-3,8-10,15H2,1H3. The number of rotatable bonds is 6. The Labute approximate surface area is 98.2 Å². The smallest absolute Gasteiger partial charge is 0.0314 e. The third-order valence-corrected chi connectivity index (χ3v) is 3.38. The Bertz CT molecular complexity index is 318. The monoisotopic (exact) mass is 218 g/mol. The van der Waals surface area contributed by atoms with Crippen LogP contribution < -0.4 is 11.1 Å². The summed E-state index contributed by atoms with van der Waals surface area (Å²) in [7, 11) is 0. The largest absolute Gasteiger partial charge is 0.399 e. The highest BCUT2D eigenvalue weighted by Gasteiger charge is 2.34. The minimum atomic E-state index is 0.800. The highest BCUT2D eigenvalue weighted by atomic mass is 15.0. The molecule has 0 heterocycles. The molecule has 2 heteroatoms. The zero-order valence-electron chi connectivity index (χ0n) is 10.1. The van der Waals surface area contributed by atoms with Gasteiger partial charge in [-0.3, -0.25) is 0 Å². The molecule has 1 aliphatic carbocycles. The molecular weight excluding hydrogens is 196 g/mol. The van der Waals surface area contributed by atoms with Crippen LogP contribution >= 0.6 is 0 Å². The summed E-state index contributed by atoms with van der Waals surface area (Å²) in [5.74, 6) is 0.955. The van der Waals surface area contributed by atoms with Crippen molar-refractivity contribution in [2.75, 3.05) is 12.3 Å². The van der Waals surface area contributed by atoms with E-state index in [2.05, 4.69) is 24.4 Å². The maximum absolute atomic E-state index is 5.65. The minimum Gasteiger partial charge on any atom is -0.399 e. The Morgan fingerprint density at radius 2 is 2.06 bits per heavy atom. The molecule has 0 saturated heterocycles. The third-order valence-electron chi connectivity index (χ3n) is 3.38. The van der Waals surface area contributed by atoms with Crippen LogP contribution in [-0.2, 0) is 6.42 Å². The van der Waals surface area contributed by atoms with E-state index in [9.17, 15) is 0 Å². The third kappa shape index (κ3) is 3.24. The normalized spacial score (nSPS) is 23.3. The SMILES string of the molecule is CCCC1CC1NCCc1ccc(N)cc1. The molecule has 2 nitrogen and oxygen atoms in total. The van der Waals surface area contributed by atoms with E-state index < -0.39 is 0 Å². The van der Waals surface area contributed by atoms with Gasteiger partial charge in [-0.15, -0.1) is 0 Å². The molecule has 1 fully saturated rings. The van der Waals surface area contributed by atoms with Gasteiger partial charge in [0, 0.05) is 11.7 Å². The number of nitrogens with two attached hydrogens (primary N) is 1. The fourth-order valence-corrected chi connectivity index (χ4v) is 2.27. The fourth-order valence-electron chi connectivity index (χ4n) is 2.27. The molecule has 1 aliphatic rings. The van der Waals surface area contributed by atoms with Crippen molar-refractivity contribution in [2.24, 2.45) is 5.92 Å². The molecule has 1 aromatic rings. The number of benzene rings is 1. The first-order valence-electron chi connectivity index (χ1n) is 6.37. The van der Waals surface area contributed by atoms with Gasteiger partial charge in [0.25, 0.3) is 0 Å². The van der Waals surface area contributed by atoms with Crippen LogP contribution in [0.25, 0.3) is 0 Å². The second-order valence-electron chi connectivity index (χ2n) is 4.84. The molecule has 0 aromatic heterocycles. The average molecular weight is 218 g/mol. The molecule has 1 aromatic carbocycles. The van der Waals surface area contributed by atoms with E-state index in [-0.39, 0.29) is 0 Å². The van der Waals surface area contributed by atoms with Gasteiger partial charge in [0.15, 0.2) is 0 Å². The van der Waals surface area contributed by atoms with E-state index in [1.165, 1.54) is 24.8 Å². The summed E-state index contributed by atoms with van der Waals surface area (Å²) in [5.41, 5.74) is 7.87. The molecule has 0 spiro atoms. The van der Waals surface area contributed by atoms with Crippen molar-refractivity contribution in [1.29, 1.82) is 0 Å².